The van der Waals surface area contributed by atoms with Gasteiger partial charge in [-0.1, -0.05) is 30.3 Å². The fourth-order valence-electron chi connectivity index (χ4n) is 4.79. The summed E-state index contributed by atoms with van der Waals surface area (Å²) in [7, 11) is 0. The number of fused-ring (bicyclic) bond motifs is 1. The average molecular weight is 445 g/mol. The van der Waals surface area contributed by atoms with Crippen molar-refractivity contribution < 1.29 is 9.59 Å². The summed E-state index contributed by atoms with van der Waals surface area (Å²) in [5, 5.41) is 4.04. The van der Waals surface area contributed by atoms with Gasteiger partial charge in [-0.2, -0.15) is 5.10 Å². The van der Waals surface area contributed by atoms with Crippen LogP contribution in [0.5, 0.6) is 0 Å². The van der Waals surface area contributed by atoms with E-state index in [0.717, 1.165) is 55.3 Å². The second-order valence-corrected chi connectivity index (χ2v) is 8.85. The number of amides is 1. The van der Waals surface area contributed by atoms with Gasteiger partial charge < -0.3 is 0 Å². The third-order valence-electron chi connectivity index (χ3n) is 6.55. The van der Waals surface area contributed by atoms with Crippen molar-refractivity contribution in [3.8, 4) is 0 Å². The van der Waals surface area contributed by atoms with E-state index in [2.05, 4.69) is 22.1 Å². The predicted molar refractivity (Wildman–Crippen MR) is 124 cm³/mol. The average Bonchev–Trinajstić information content (AvgIpc) is 3.47. The minimum absolute atomic E-state index is 0.0376. The lowest BCUT2D eigenvalue weighted by atomic mass is 9.96. The Balaban J connectivity index is 1.32. The Morgan fingerprint density at radius 1 is 1.15 bits per heavy atom. The number of nitrogens with zero attached hydrogens (tertiary/aromatic N) is 6. The molecular weight excluding hydrogens is 416 g/mol. The van der Waals surface area contributed by atoms with E-state index in [0.29, 0.717) is 19.5 Å². The van der Waals surface area contributed by atoms with E-state index in [1.165, 1.54) is 10.2 Å². The number of hydrogen-bond acceptors (Lipinski definition) is 6. The minimum atomic E-state index is -0.0376. The zero-order valence-corrected chi connectivity index (χ0v) is 18.9. The summed E-state index contributed by atoms with van der Waals surface area (Å²) in [6.45, 7) is 4.50. The zero-order valence-electron chi connectivity index (χ0n) is 18.9. The molecule has 3 aromatic rings. The molecule has 8 nitrogen and oxygen atoms in total. The largest absolute Gasteiger partial charge is 0.296 e. The molecule has 2 aliphatic heterocycles. The second kappa shape index (κ2) is 9.23. The van der Waals surface area contributed by atoms with E-state index in [1.54, 1.807) is 18.5 Å². The van der Waals surface area contributed by atoms with Gasteiger partial charge in [0.05, 0.1) is 13.0 Å². The smallest absolute Gasteiger partial charge is 0.260 e. The van der Waals surface area contributed by atoms with Crippen LogP contribution in [-0.4, -0.2) is 62.6 Å². The maximum absolute atomic E-state index is 12.8. The van der Waals surface area contributed by atoms with Crippen molar-refractivity contribution in [2.75, 3.05) is 31.1 Å². The van der Waals surface area contributed by atoms with E-state index >= 15 is 0 Å². The summed E-state index contributed by atoms with van der Waals surface area (Å²) < 4.78 is 1.38. The number of aryl methyl sites for hydroxylation is 1. The first-order chi connectivity index (χ1) is 16.1. The van der Waals surface area contributed by atoms with Gasteiger partial charge in [-0.3, -0.25) is 19.4 Å². The number of benzene rings is 1. The molecule has 170 valence electrons. The van der Waals surface area contributed by atoms with E-state index < -0.39 is 0 Å². The lowest BCUT2D eigenvalue weighted by molar-refractivity contribution is -0.117. The molecule has 1 fully saturated rings. The molecule has 1 aromatic carbocycles. The van der Waals surface area contributed by atoms with E-state index in [-0.39, 0.29) is 17.7 Å². The van der Waals surface area contributed by atoms with Crippen molar-refractivity contribution in [2.24, 2.45) is 0 Å². The van der Waals surface area contributed by atoms with Crippen LogP contribution in [0.15, 0.2) is 48.8 Å². The van der Waals surface area contributed by atoms with Crippen LogP contribution in [0.3, 0.4) is 0 Å². The number of carbonyl (C=O) groups is 2. The molecule has 5 rings (SSSR count). The predicted octanol–water partition coefficient (Wildman–Crippen LogP) is 2.63. The number of anilines is 1. The first-order valence-electron chi connectivity index (χ1n) is 11.6. The van der Waals surface area contributed by atoms with Gasteiger partial charge in [-0.05, 0) is 44.4 Å². The Labute approximate surface area is 193 Å². The van der Waals surface area contributed by atoms with Crippen molar-refractivity contribution in [3.05, 3.63) is 71.4 Å². The van der Waals surface area contributed by atoms with Gasteiger partial charge in [0.25, 0.3) is 5.91 Å². The van der Waals surface area contributed by atoms with Crippen LogP contribution in [0.2, 0.25) is 0 Å². The quantitative estimate of drug-likeness (QED) is 0.581. The Morgan fingerprint density at radius 3 is 2.79 bits per heavy atom. The molecule has 0 bridgehead atoms. The Kier molecular flexibility index (Phi) is 6.00. The van der Waals surface area contributed by atoms with Crippen molar-refractivity contribution in [2.45, 2.75) is 38.5 Å². The summed E-state index contributed by atoms with van der Waals surface area (Å²) in [5.41, 5.74) is 3.03. The molecule has 4 heterocycles. The van der Waals surface area contributed by atoms with E-state index in [1.807, 2.05) is 30.0 Å². The van der Waals surface area contributed by atoms with Gasteiger partial charge in [0, 0.05) is 42.7 Å². The molecule has 2 aliphatic rings. The normalized spacial score (nSPS) is 18.5. The number of carbonyl (C=O) groups excluding carboxylic acids is 2. The molecule has 1 amide bonds. The molecule has 0 N–H and O–H groups in total. The topological polar surface area (TPSA) is 84.2 Å². The summed E-state index contributed by atoms with van der Waals surface area (Å²) >= 11 is 0. The Bertz CT molecular complexity index is 1150. The fourth-order valence-corrected chi connectivity index (χ4v) is 4.79. The SMILES string of the molecule is Cc1nc([C@H]2CCCN(CC(=O)n3cccn3)C2)nc2c1CC(=O)N2CCc1ccccc1. The molecule has 0 radical (unpaired) electrons. The van der Waals surface area contributed by atoms with Crippen molar-refractivity contribution in [3.63, 3.8) is 0 Å². The van der Waals surface area contributed by atoms with E-state index in [9.17, 15) is 9.59 Å². The minimum Gasteiger partial charge on any atom is -0.296 e. The summed E-state index contributed by atoms with van der Waals surface area (Å²) in [6, 6.07) is 12.0. The molecule has 0 spiro atoms. The molecule has 8 heteroatoms. The molecule has 1 saturated heterocycles. The highest BCUT2D eigenvalue weighted by molar-refractivity contribution is 6.00. The van der Waals surface area contributed by atoms with Gasteiger partial charge in [-0.25, -0.2) is 14.6 Å². The van der Waals surface area contributed by atoms with Crippen LogP contribution < -0.4 is 4.90 Å². The third-order valence-corrected chi connectivity index (χ3v) is 6.55. The third kappa shape index (κ3) is 4.57. The Hall–Kier alpha value is -3.39. The first-order valence-corrected chi connectivity index (χ1v) is 11.6. The second-order valence-electron chi connectivity index (χ2n) is 8.85. The summed E-state index contributed by atoms with van der Waals surface area (Å²) in [5.74, 6) is 1.74. The number of piperidine rings is 1. The zero-order chi connectivity index (χ0) is 22.8. The molecule has 0 saturated carbocycles. The molecule has 0 aliphatic carbocycles. The summed E-state index contributed by atoms with van der Waals surface area (Å²) in [4.78, 5) is 38.9. The van der Waals surface area contributed by atoms with Crippen molar-refractivity contribution in [1.29, 1.82) is 0 Å². The summed E-state index contributed by atoms with van der Waals surface area (Å²) in [6.07, 6.45) is 6.40. The molecular formula is C25H28N6O2. The van der Waals surface area contributed by atoms with Gasteiger partial charge in [0.15, 0.2) is 0 Å². The van der Waals surface area contributed by atoms with Crippen molar-refractivity contribution in [1.82, 2.24) is 24.6 Å². The van der Waals surface area contributed by atoms with Gasteiger partial charge in [-0.15, -0.1) is 0 Å². The number of rotatable bonds is 6. The number of aromatic nitrogens is 4. The van der Waals surface area contributed by atoms with Crippen LogP contribution in [0, 0.1) is 6.92 Å². The maximum atomic E-state index is 12.8. The molecule has 33 heavy (non-hydrogen) atoms. The first kappa shape index (κ1) is 21.5. The highest BCUT2D eigenvalue weighted by atomic mass is 16.2. The van der Waals surface area contributed by atoms with Gasteiger partial charge in [0.2, 0.25) is 5.91 Å². The highest BCUT2D eigenvalue weighted by Gasteiger charge is 2.33. The van der Waals surface area contributed by atoms with Crippen LogP contribution >= 0.6 is 0 Å². The lowest BCUT2D eigenvalue weighted by Crippen LogP contribution is -2.40. The molecule has 0 unspecified atom stereocenters. The van der Waals surface area contributed by atoms with Crippen LogP contribution in [-0.2, 0) is 17.6 Å². The van der Waals surface area contributed by atoms with Crippen molar-refractivity contribution >= 4 is 17.6 Å². The lowest BCUT2D eigenvalue weighted by Gasteiger charge is -2.31. The van der Waals surface area contributed by atoms with E-state index in [4.69, 9.17) is 9.97 Å². The van der Waals surface area contributed by atoms with Crippen LogP contribution in [0.4, 0.5) is 5.82 Å². The van der Waals surface area contributed by atoms with Gasteiger partial charge in [0.1, 0.15) is 11.6 Å². The van der Waals surface area contributed by atoms with Crippen LogP contribution in [0.1, 0.15) is 46.2 Å². The molecule has 1 atom stereocenters. The number of hydrogen-bond donors (Lipinski definition) is 0. The Morgan fingerprint density at radius 2 is 2.00 bits per heavy atom. The monoisotopic (exact) mass is 444 g/mol. The van der Waals surface area contributed by atoms with Gasteiger partial charge >= 0.3 is 0 Å². The van der Waals surface area contributed by atoms with Crippen LogP contribution in [0.25, 0.3) is 0 Å². The number of likely N-dealkylation sites (tertiary alicyclic amines) is 1. The maximum Gasteiger partial charge on any atom is 0.260 e. The molecule has 2 aromatic heterocycles. The fraction of sp³-hybridized carbons (Fsp3) is 0.400. The standard InChI is InChI=1S/C25H28N6O2/c1-18-21-15-22(32)30(14-10-19-7-3-2-4-8-19)25(21)28-24(27-18)20-9-5-12-29(16-20)17-23(33)31-13-6-11-26-31/h2-4,6-8,11,13,20H,5,9-10,12,14-17H2,1H3/t20-/m0/s1. The highest BCUT2D eigenvalue weighted by Crippen LogP contribution is 2.32.